The van der Waals surface area contributed by atoms with E-state index in [2.05, 4.69) is 16.3 Å². The molecule has 0 unspecified atom stereocenters. The third-order valence-electron chi connectivity index (χ3n) is 4.35. The predicted molar refractivity (Wildman–Crippen MR) is 90.0 cm³/mol. The minimum atomic E-state index is -3.53. The average Bonchev–Trinajstić information content (AvgIpc) is 3.16. The third kappa shape index (κ3) is 2.86. The van der Waals surface area contributed by atoms with Gasteiger partial charge in [0.05, 0.1) is 17.9 Å². The van der Waals surface area contributed by atoms with Gasteiger partial charge in [0.1, 0.15) is 4.90 Å². The summed E-state index contributed by atoms with van der Waals surface area (Å²) in [5.41, 5.74) is 2.70. The highest BCUT2D eigenvalue weighted by molar-refractivity contribution is 7.89. The molecular formula is C16H22N4O2S. The molecule has 2 aromatic rings. The van der Waals surface area contributed by atoms with Gasteiger partial charge in [0.25, 0.3) is 0 Å². The number of aromatic amines is 1. The summed E-state index contributed by atoms with van der Waals surface area (Å²) in [5.74, 6) is 0. The van der Waals surface area contributed by atoms with Crippen LogP contribution in [0.15, 0.2) is 35.4 Å². The summed E-state index contributed by atoms with van der Waals surface area (Å²) in [5, 5.41) is 6.57. The maximum atomic E-state index is 13.0. The summed E-state index contributed by atoms with van der Waals surface area (Å²) in [7, 11) is 0.436. The number of sulfonamides is 1. The van der Waals surface area contributed by atoms with Crippen LogP contribution < -0.4 is 4.90 Å². The summed E-state index contributed by atoms with van der Waals surface area (Å²) in [6.07, 6.45) is 3.11. The van der Waals surface area contributed by atoms with Gasteiger partial charge in [-0.15, -0.1) is 0 Å². The fourth-order valence-electron chi connectivity index (χ4n) is 3.10. The zero-order valence-electron chi connectivity index (χ0n) is 13.7. The lowest BCUT2D eigenvalue weighted by molar-refractivity contribution is 0.396. The van der Waals surface area contributed by atoms with E-state index in [1.165, 1.54) is 6.20 Å². The summed E-state index contributed by atoms with van der Waals surface area (Å²) in [6, 6.07) is 7.97. The van der Waals surface area contributed by atoms with Crippen molar-refractivity contribution in [3.63, 3.8) is 0 Å². The van der Waals surface area contributed by atoms with Crippen LogP contribution in [0, 0.1) is 6.92 Å². The molecule has 0 bridgehead atoms. The molecular weight excluding hydrogens is 312 g/mol. The Balaban J connectivity index is 1.98. The Bertz CT molecular complexity index is 798. The van der Waals surface area contributed by atoms with Gasteiger partial charge in [0.2, 0.25) is 10.0 Å². The molecule has 3 rings (SSSR count). The standard InChI is InChI=1S/C16H22N4O2S/c1-12-16(11-17-18-12)23(21,22)20-9-5-8-15(20)13-6-4-7-14(10-13)19(2)3/h4,6-7,10-11,15H,5,8-9H2,1-3H3,(H,17,18)/t15-/m0/s1. The molecule has 1 aliphatic heterocycles. The van der Waals surface area contributed by atoms with Crippen LogP contribution in [0.1, 0.15) is 30.1 Å². The van der Waals surface area contributed by atoms with E-state index in [9.17, 15) is 8.42 Å². The van der Waals surface area contributed by atoms with E-state index in [0.29, 0.717) is 12.2 Å². The van der Waals surface area contributed by atoms with Crippen molar-refractivity contribution in [1.29, 1.82) is 0 Å². The van der Waals surface area contributed by atoms with E-state index in [1.807, 2.05) is 37.2 Å². The zero-order valence-corrected chi connectivity index (χ0v) is 14.5. The van der Waals surface area contributed by atoms with Crippen molar-refractivity contribution in [2.75, 3.05) is 25.5 Å². The van der Waals surface area contributed by atoms with Gasteiger partial charge in [-0.1, -0.05) is 12.1 Å². The lowest BCUT2D eigenvalue weighted by Crippen LogP contribution is -2.31. The Hall–Kier alpha value is -1.86. The van der Waals surface area contributed by atoms with Crippen LogP contribution in [0.4, 0.5) is 5.69 Å². The number of aromatic nitrogens is 2. The molecule has 1 aliphatic rings. The van der Waals surface area contributed by atoms with Crippen molar-refractivity contribution in [2.45, 2.75) is 30.7 Å². The normalized spacial score (nSPS) is 19.2. The van der Waals surface area contributed by atoms with E-state index in [-0.39, 0.29) is 10.9 Å². The van der Waals surface area contributed by atoms with Gasteiger partial charge in [-0.2, -0.15) is 9.40 Å². The predicted octanol–water partition coefficient (Wildman–Crippen LogP) is 2.31. The van der Waals surface area contributed by atoms with Gasteiger partial charge in [0, 0.05) is 26.3 Å². The van der Waals surface area contributed by atoms with Crippen LogP contribution in [0.3, 0.4) is 0 Å². The summed E-state index contributed by atoms with van der Waals surface area (Å²) >= 11 is 0. The molecule has 7 heteroatoms. The summed E-state index contributed by atoms with van der Waals surface area (Å²) < 4.78 is 27.6. The van der Waals surface area contributed by atoms with E-state index < -0.39 is 10.0 Å². The molecule has 0 amide bonds. The van der Waals surface area contributed by atoms with Gasteiger partial charge < -0.3 is 4.90 Å². The monoisotopic (exact) mass is 334 g/mol. The third-order valence-corrected chi connectivity index (χ3v) is 6.37. The molecule has 6 nitrogen and oxygen atoms in total. The van der Waals surface area contributed by atoms with Crippen molar-refractivity contribution < 1.29 is 8.42 Å². The molecule has 0 radical (unpaired) electrons. The smallest absolute Gasteiger partial charge is 0.247 e. The first kappa shape index (κ1) is 16.0. The van der Waals surface area contributed by atoms with Crippen LogP contribution in [0.25, 0.3) is 0 Å². The van der Waals surface area contributed by atoms with Crippen molar-refractivity contribution in [2.24, 2.45) is 0 Å². The molecule has 1 saturated heterocycles. The average molecular weight is 334 g/mol. The van der Waals surface area contributed by atoms with Gasteiger partial charge in [-0.05, 0) is 37.5 Å². The number of benzene rings is 1. The fraction of sp³-hybridized carbons (Fsp3) is 0.438. The van der Waals surface area contributed by atoms with Crippen molar-refractivity contribution in [3.05, 3.63) is 41.7 Å². The van der Waals surface area contributed by atoms with Gasteiger partial charge in [0.15, 0.2) is 0 Å². The quantitative estimate of drug-likeness (QED) is 0.931. The van der Waals surface area contributed by atoms with E-state index in [1.54, 1.807) is 11.2 Å². The minimum absolute atomic E-state index is 0.116. The van der Waals surface area contributed by atoms with Gasteiger partial charge in [-0.25, -0.2) is 8.42 Å². The number of hydrogen-bond donors (Lipinski definition) is 1. The number of nitrogens with one attached hydrogen (secondary N) is 1. The number of nitrogens with zero attached hydrogens (tertiary/aromatic N) is 3. The largest absolute Gasteiger partial charge is 0.378 e. The summed E-state index contributed by atoms with van der Waals surface area (Å²) in [6.45, 7) is 2.28. The van der Waals surface area contributed by atoms with E-state index in [4.69, 9.17) is 0 Å². The molecule has 124 valence electrons. The second-order valence-corrected chi connectivity index (χ2v) is 7.98. The first-order valence-electron chi connectivity index (χ1n) is 7.70. The molecule has 2 heterocycles. The Morgan fingerprint density at radius 2 is 2.13 bits per heavy atom. The Labute approximate surface area is 137 Å². The van der Waals surface area contributed by atoms with Crippen molar-refractivity contribution in [3.8, 4) is 0 Å². The lowest BCUT2D eigenvalue weighted by atomic mass is 10.0. The SMILES string of the molecule is Cc1[nH]ncc1S(=O)(=O)N1CCC[C@H]1c1cccc(N(C)C)c1. The second-order valence-electron chi connectivity index (χ2n) is 6.12. The highest BCUT2D eigenvalue weighted by Gasteiger charge is 2.37. The molecule has 23 heavy (non-hydrogen) atoms. The lowest BCUT2D eigenvalue weighted by Gasteiger charge is -2.25. The van der Waals surface area contributed by atoms with Crippen LogP contribution in [-0.4, -0.2) is 43.6 Å². The molecule has 0 saturated carbocycles. The number of H-pyrrole nitrogens is 1. The van der Waals surface area contributed by atoms with E-state index in [0.717, 1.165) is 24.1 Å². The highest BCUT2D eigenvalue weighted by Crippen LogP contribution is 2.37. The molecule has 1 atom stereocenters. The Morgan fingerprint density at radius 3 is 2.78 bits per heavy atom. The molecule has 1 fully saturated rings. The Kier molecular flexibility index (Phi) is 4.16. The number of anilines is 1. The van der Waals surface area contributed by atoms with Crippen molar-refractivity contribution >= 4 is 15.7 Å². The first-order chi connectivity index (χ1) is 10.9. The fourth-order valence-corrected chi connectivity index (χ4v) is 4.90. The van der Waals surface area contributed by atoms with Crippen LogP contribution in [0.2, 0.25) is 0 Å². The minimum Gasteiger partial charge on any atom is -0.378 e. The van der Waals surface area contributed by atoms with Crippen LogP contribution in [0.5, 0.6) is 0 Å². The summed E-state index contributed by atoms with van der Waals surface area (Å²) in [4.78, 5) is 2.30. The Morgan fingerprint density at radius 1 is 1.35 bits per heavy atom. The molecule has 1 aromatic heterocycles. The van der Waals surface area contributed by atoms with Gasteiger partial charge in [-0.3, -0.25) is 5.10 Å². The number of rotatable bonds is 4. The number of hydrogen-bond acceptors (Lipinski definition) is 4. The molecule has 0 aliphatic carbocycles. The first-order valence-corrected chi connectivity index (χ1v) is 9.14. The maximum absolute atomic E-state index is 13.0. The van der Waals surface area contributed by atoms with Crippen molar-refractivity contribution in [1.82, 2.24) is 14.5 Å². The molecule has 1 aromatic carbocycles. The van der Waals surface area contributed by atoms with Gasteiger partial charge >= 0.3 is 0 Å². The zero-order chi connectivity index (χ0) is 16.6. The second kappa shape index (κ2) is 5.98. The maximum Gasteiger partial charge on any atom is 0.247 e. The topological polar surface area (TPSA) is 69.3 Å². The van der Waals surface area contributed by atoms with Crippen LogP contribution in [-0.2, 0) is 10.0 Å². The molecule has 0 spiro atoms. The van der Waals surface area contributed by atoms with Crippen LogP contribution >= 0.6 is 0 Å². The van der Waals surface area contributed by atoms with E-state index >= 15 is 0 Å². The highest BCUT2D eigenvalue weighted by atomic mass is 32.2. The number of aryl methyl sites for hydroxylation is 1. The molecule has 1 N–H and O–H groups in total.